The molecule has 0 aromatic carbocycles. The van der Waals surface area contributed by atoms with Crippen molar-refractivity contribution in [3.63, 3.8) is 0 Å². The number of esters is 1. The Morgan fingerprint density at radius 1 is 1.06 bits per heavy atom. The molecule has 4 saturated carbocycles. The third kappa shape index (κ3) is 4.35. The Bertz CT molecular complexity index is 1360. The number of fused-ring (bicyclic) bond motifs is 4. The van der Waals surface area contributed by atoms with Crippen LogP contribution in [0.2, 0.25) is 0 Å². The molecule has 7 aliphatic rings. The fourth-order valence-electron chi connectivity index (χ4n) is 13.0. The predicted molar refractivity (Wildman–Crippen MR) is 172 cm³/mol. The van der Waals surface area contributed by atoms with E-state index in [9.17, 15) is 35.4 Å². The summed E-state index contributed by atoms with van der Waals surface area (Å²) in [4.78, 5) is 12.1. The molecule has 0 unspecified atom stereocenters. The van der Waals surface area contributed by atoms with Gasteiger partial charge in [0, 0.05) is 18.3 Å². The summed E-state index contributed by atoms with van der Waals surface area (Å²) in [7, 11) is 0. The molecule has 0 amide bonds. The molecule has 11 heteroatoms. The topological polar surface area (TPSA) is 175 Å². The van der Waals surface area contributed by atoms with Gasteiger partial charge in [-0.15, -0.1) is 0 Å². The van der Waals surface area contributed by atoms with Crippen LogP contribution in [-0.2, 0) is 23.7 Å². The lowest BCUT2D eigenvalue weighted by Gasteiger charge is -2.60. The summed E-state index contributed by atoms with van der Waals surface area (Å²) in [6.45, 7) is 15.2. The van der Waals surface area contributed by atoms with Gasteiger partial charge in [-0.3, -0.25) is 4.79 Å². The van der Waals surface area contributed by atoms with Crippen LogP contribution in [0.1, 0.15) is 100 Å². The van der Waals surface area contributed by atoms with Crippen molar-refractivity contribution in [2.24, 2.45) is 44.8 Å². The van der Waals surface area contributed by atoms with Crippen molar-refractivity contribution in [3.05, 3.63) is 11.6 Å². The number of hydrogen-bond donors (Lipinski definition) is 6. The Labute approximate surface area is 284 Å². The first kappa shape index (κ1) is 35.3. The van der Waals surface area contributed by atoms with Crippen LogP contribution in [0.4, 0.5) is 0 Å². The maximum absolute atomic E-state index is 12.6. The predicted octanol–water partition coefficient (Wildman–Crippen LogP) is 2.57. The van der Waals surface area contributed by atoms with Gasteiger partial charge in [0.25, 0.3) is 0 Å². The van der Waals surface area contributed by atoms with Gasteiger partial charge in [-0.1, -0.05) is 46.3 Å². The highest BCUT2D eigenvalue weighted by molar-refractivity contribution is 5.66. The van der Waals surface area contributed by atoms with Crippen molar-refractivity contribution in [1.82, 2.24) is 0 Å². The second-order valence-electron chi connectivity index (χ2n) is 18.4. The van der Waals surface area contributed by atoms with Gasteiger partial charge in [0.1, 0.15) is 30.5 Å². The van der Waals surface area contributed by atoms with Crippen molar-refractivity contribution < 1.29 is 54.4 Å². The minimum Gasteiger partial charge on any atom is -0.457 e. The van der Waals surface area contributed by atoms with Crippen molar-refractivity contribution in [2.45, 2.75) is 161 Å². The molecule has 16 atom stereocenters. The Morgan fingerprint density at radius 2 is 1.75 bits per heavy atom. The lowest BCUT2D eigenvalue weighted by atomic mass is 9.44. The number of aliphatic hydroxyl groups is 6. The second-order valence-corrected chi connectivity index (χ2v) is 18.4. The number of rotatable bonds is 5. The molecule has 0 bridgehead atoms. The van der Waals surface area contributed by atoms with Gasteiger partial charge < -0.3 is 49.6 Å². The number of carbonyl (C=O) groups is 1. The van der Waals surface area contributed by atoms with Crippen LogP contribution in [-0.4, -0.2) is 104 Å². The van der Waals surface area contributed by atoms with E-state index in [4.69, 9.17) is 18.9 Å². The molecule has 6 N–H and O–H groups in total. The quantitative estimate of drug-likeness (QED) is 0.186. The van der Waals surface area contributed by atoms with E-state index in [0.29, 0.717) is 6.42 Å². The number of aliphatic hydroxyl groups excluding tert-OH is 4. The summed E-state index contributed by atoms with van der Waals surface area (Å²) in [5.41, 5.74) is -1.83. The lowest BCUT2D eigenvalue weighted by molar-refractivity contribution is -0.341. The van der Waals surface area contributed by atoms with Gasteiger partial charge in [-0.2, -0.15) is 0 Å². The third-order valence-corrected chi connectivity index (χ3v) is 15.2. The molecule has 272 valence electrons. The van der Waals surface area contributed by atoms with Gasteiger partial charge in [-0.25, -0.2) is 0 Å². The largest absolute Gasteiger partial charge is 0.457 e. The SMILES string of the molecule is CC(=O)O[C@H]([C@H]1C[C@@H](C)[C@H]2[C@@](O)(O1)[C@H](O)[C@@]1(C)C3=CC[C@H]4C(C)(C)[C@@H](O[C@@H]5OC[C@@H](O)[C@H](O)[C@H]5O)CC[C@@]45C[C@@]35CC[C@]21C)C(C)(C)O. The minimum atomic E-state index is -1.90. The Morgan fingerprint density at radius 3 is 2.40 bits per heavy atom. The van der Waals surface area contributed by atoms with Crippen molar-refractivity contribution in [3.8, 4) is 0 Å². The molecular weight excluding hydrogens is 620 g/mol. The van der Waals surface area contributed by atoms with E-state index in [-0.39, 0.29) is 46.7 Å². The van der Waals surface area contributed by atoms with Gasteiger partial charge in [-0.05, 0) is 92.3 Å². The van der Waals surface area contributed by atoms with E-state index in [1.54, 1.807) is 13.8 Å². The molecule has 0 aromatic heterocycles. The Balaban J connectivity index is 1.20. The molecule has 2 saturated heterocycles. The highest BCUT2D eigenvalue weighted by Crippen LogP contribution is 2.88. The average Bonchev–Trinajstić information content (AvgIpc) is 3.62. The highest BCUT2D eigenvalue weighted by atomic mass is 16.7. The average molecular weight is 679 g/mol. The molecule has 0 radical (unpaired) electrons. The minimum absolute atomic E-state index is 0.0129. The highest BCUT2D eigenvalue weighted by Gasteiger charge is 2.85. The van der Waals surface area contributed by atoms with Crippen LogP contribution in [0.15, 0.2) is 11.6 Å². The van der Waals surface area contributed by atoms with E-state index >= 15 is 0 Å². The first-order valence-corrected chi connectivity index (χ1v) is 18.1. The van der Waals surface area contributed by atoms with Crippen LogP contribution < -0.4 is 0 Å². The molecule has 7 rings (SSSR count). The summed E-state index contributed by atoms with van der Waals surface area (Å²) in [5, 5.41) is 66.9. The van der Waals surface area contributed by atoms with E-state index in [1.165, 1.54) is 12.5 Å². The Kier molecular flexibility index (Phi) is 7.86. The standard InChI is InChI=1S/C37H58O11/c1-18-15-21(28(32(5,6)43)46-19(2)38)48-37(44)27(18)33(7)13-14-36-17-35(36)12-11-24(47-29-26(41)25(40)20(39)16-45-29)31(3,4)22(35)9-10-23(36)34(33,8)30(37)42/h10,18,20-22,24-30,39-44H,9,11-17H2,1-8H3/t18-,20-,21-,22+,24+,25+,26-,27-,28-,29+,30-,33-,34-,35-,36+,37-/m1/s1. The van der Waals surface area contributed by atoms with E-state index in [1.807, 2.05) is 0 Å². The molecule has 6 fully saturated rings. The van der Waals surface area contributed by atoms with E-state index < -0.39 is 71.1 Å². The second kappa shape index (κ2) is 10.7. The normalized spacial score (nSPS) is 54.4. The molecular formula is C37H58O11. The molecule has 2 heterocycles. The number of carbonyl (C=O) groups excluding carboxylic acids is 1. The van der Waals surface area contributed by atoms with Crippen LogP contribution in [0, 0.1) is 44.8 Å². The van der Waals surface area contributed by atoms with Crippen LogP contribution in [0.3, 0.4) is 0 Å². The summed E-state index contributed by atoms with van der Waals surface area (Å²) in [6.07, 6.45) is -0.0661. The zero-order chi connectivity index (χ0) is 35.2. The fraction of sp³-hybridized carbons (Fsp3) is 0.919. The van der Waals surface area contributed by atoms with Crippen LogP contribution >= 0.6 is 0 Å². The van der Waals surface area contributed by atoms with Crippen molar-refractivity contribution in [1.29, 1.82) is 0 Å². The molecule has 2 aliphatic heterocycles. The first-order valence-electron chi connectivity index (χ1n) is 18.1. The first-order chi connectivity index (χ1) is 22.1. The van der Waals surface area contributed by atoms with Crippen LogP contribution in [0.25, 0.3) is 0 Å². The summed E-state index contributed by atoms with van der Waals surface area (Å²) < 4.78 is 24.2. The molecule has 0 aromatic rings. The monoisotopic (exact) mass is 678 g/mol. The summed E-state index contributed by atoms with van der Waals surface area (Å²) in [5.74, 6) is -2.63. The third-order valence-electron chi connectivity index (χ3n) is 15.2. The van der Waals surface area contributed by atoms with Gasteiger partial charge in [0.2, 0.25) is 0 Å². The van der Waals surface area contributed by atoms with Crippen LogP contribution in [0.5, 0.6) is 0 Å². The van der Waals surface area contributed by atoms with Gasteiger partial charge in [0.15, 0.2) is 18.2 Å². The van der Waals surface area contributed by atoms with E-state index in [0.717, 1.165) is 38.5 Å². The maximum atomic E-state index is 12.6. The molecule has 11 nitrogen and oxygen atoms in total. The molecule has 48 heavy (non-hydrogen) atoms. The van der Waals surface area contributed by atoms with Gasteiger partial charge in [0.05, 0.1) is 18.3 Å². The zero-order valence-corrected chi connectivity index (χ0v) is 29.8. The number of allylic oxidation sites excluding steroid dienone is 1. The van der Waals surface area contributed by atoms with E-state index in [2.05, 4.69) is 40.7 Å². The van der Waals surface area contributed by atoms with Crippen molar-refractivity contribution in [2.75, 3.05) is 6.61 Å². The molecule has 5 aliphatic carbocycles. The van der Waals surface area contributed by atoms with Crippen molar-refractivity contribution >= 4 is 5.97 Å². The maximum Gasteiger partial charge on any atom is 0.303 e. The Hall–Kier alpha value is -1.15. The summed E-state index contributed by atoms with van der Waals surface area (Å²) in [6, 6.07) is 0. The summed E-state index contributed by atoms with van der Waals surface area (Å²) >= 11 is 0. The fourth-order valence-corrected chi connectivity index (χ4v) is 13.0. The molecule has 2 spiro atoms. The zero-order valence-electron chi connectivity index (χ0n) is 29.8. The number of hydrogen-bond acceptors (Lipinski definition) is 11. The number of ether oxygens (including phenoxy) is 4. The van der Waals surface area contributed by atoms with Gasteiger partial charge >= 0.3 is 5.97 Å². The lowest BCUT2D eigenvalue weighted by Crippen LogP contribution is -2.61. The smallest absolute Gasteiger partial charge is 0.303 e.